The van der Waals surface area contributed by atoms with Crippen molar-refractivity contribution in [3.8, 4) is 0 Å². The summed E-state index contributed by atoms with van der Waals surface area (Å²) in [5.74, 6) is -2.39. The summed E-state index contributed by atoms with van der Waals surface area (Å²) < 4.78 is 0. The second-order valence-corrected chi connectivity index (χ2v) is 2.33. The summed E-state index contributed by atoms with van der Waals surface area (Å²) in [6, 6.07) is 0. The van der Waals surface area contributed by atoms with Crippen LogP contribution in [-0.4, -0.2) is 22.2 Å². The monoisotopic (exact) mass is 198 g/mol. The van der Waals surface area contributed by atoms with Gasteiger partial charge in [-0.3, -0.25) is 0 Å². The Morgan fingerprint density at radius 1 is 0.929 bits per heavy atom. The maximum absolute atomic E-state index is 10.1. The molecule has 0 aromatic rings. The average molecular weight is 198 g/mol. The minimum Gasteiger partial charge on any atom is -0.478 e. The molecule has 0 atom stereocenters. The lowest BCUT2D eigenvalue weighted by molar-refractivity contribution is -0.135. The molecule has 4 heteroatoms. The molecule has 0 spiro atoms. The van der Waals surface area contributed by atoms with Gasteiger partial charge in [0, 0.05) is 11.1 Å². The lowest BCUT2D eigenvalue weighted by Gasteiger charge is -1.95. The molecule has 14 heavy (non-hydrogen) atoms. The Balaban J connectivity index is 0. The van der Waals surface area contributed by atoms with Gasteiger partial charge >= 0.3 is 11.9 Å². The number of carboxylic acids is 2. The predicted molar refractivity (Wildman–Crippen MR) is 54.0 cm³/mol. The molecule has 0 bridgehead atoms. The molecule has 0 aromatic heterocycles. The van der Waals surface area contributed by atoms with Crippen molar-refractivity contribution < 1.29 is 19.8 Å². The molecule has 4 nitrogen and oxygen atoms in total. The van der Waals surface area contributed by atoms with Crippen molar-refractivity contribution in [3.05, 3.63) is 36.5 Å². The van der Waals surface area contributed by atoms with Crippen molar-refractivity contribution in [1.29, 1.82) is 0 Å². The summed E-state index contributed by atoms with van der Waals surface area (Å²) in [5, 5.41) is 16.6. The Labute approximate surface area is 82.9 Å². The normalized spacial score (nSPS) is 10.1. The molecule has 0 aliphatic heterocycles. The van der Waals surface area contributed by atoms with Gasteiger partial charge in [-0.05, 0) is 13.8 Å². The summed E-state index contributed by atoms with van der Waals surface area (Å²) in [5.41, 5.74) is -0.264. The number of hydrogen-bond donors (Lipinski definition) is 2. The molecule has 0 rings (SSSR count). The third-order valence-electron chi connectivity index (χ3n) is 1.37. The van der Waals surface area contributed by atoms with Gasteiger partial charge in [0.1, 0.15) is 0 Å². The number of carbonyl (C=O) groups is 2. The molecule has 0 fully saturated rings. The van der Waals surface area contributed by atoms with Crippen LogP contribution in [0.1, 0.15) is 13.8 Å². The first-order chi connectivity index (χ1) is 6.38. The second-order valence-electron chi connectivity index (χ2n) is 2.33. The largest absolute Gasteiger partial charge is 0.478 e. The highest BCUT2D eigenvalue weighted by Gasteiger charge is 2.09. The van der Waals surface area contributed by atoms with E-state index in [0.29, 0.717) is 0 Å². The molecule has 0 aliphatic rings. The quantitative estimate of drug-likeness (QED) is 0.536. The Bertz CT molecular complexity index is 246. The van der Waals surface area contributed by atoms with Crippen LogP contribution < -0.4 is 0 Å². The number of allylic oxidation sites excluding steroid dienone is 2. The standard InChI is InChI=1S/C6H8O4.C4H6/c1-3(5(7)8)4(2)6(9)10;1-3-4-2/h1-2H3,(H,7,8)(H,9,10);3-4H,1-2H2. The fourth-order valence-corrected chi connectivity index (χ4v) is 0.321. The van der Waals surface area contributed by atoms with E-state index >= 15 is 0 Å². The van der Waals surface area contributed by atoms with Gasteiger partial charge in [0.05, 0.1) is 0 Å². The van der Waals surface area contributed by atoms with Crippen LogP contribution in [0.4, 0.5) is 0 Å². The van der Waals surface area contributed by atoms with Crippen molar-refractivity contribution in [2.24, 2.45) is 0 Å². The molecule has 2 N–H and O–H groups in total. The van der Waals surface area contributed by atoms with Gasteiger partial charge < -0.3 is 10.2 Å². The van der Waals surface area contributed by atoms with Crippen molar-refractivity contribution >= 4 is 11.9 Å². The van der Waals surface area contributed by atoms with Crippen LogP contribution in [0.3, 0.4) is 0 Å². The Morgan fingerprint density at radius 2 is 1.14 bits per heavy atom. The van der Waals surface area contributed by atoms with Gasteiger partial charge in [-0.1, -0.05) is 25.3 Å². The molecule has 0 heterocycles. The molecular weight excluding hydrogens is 184 g/mol. The summed E-state index contributed by atoms with van der Waals surface area (Å²) in [6.07, 6.45) is 3.28. The van der Waals surface area contributed by atoms with E-state index in [1.165, 1.54) is 13.8 Å². The van der Waals surface area contributed by atoms with Crippen LogP contribution in [0.5, 0.6) is 0 Å². The predicted octanol–water partition coefficient (Wildman–Crippen LogP) is 1.85. The number of aliphatic carboxylic acids is 2. The lowest BCUT2D eigenvalue weighted by atomic mass is 10.1. The van der Waals surface area contributed by atoms with Crippen LogP contribution in [0.25, 0.3) is 0 Å². The first-order valence-corrected chi connectivity index (χ1v) is 3.76. The van der Waals surface area contributed by atoms with E-state index in [0.717, 1.165) is 0 Å². The highest BCUT2D eigenvalue weighted by atomic mass is 16.4. The molecule has 78 valence electrons. The minimum absolute atomic E-state index is 0.132. The average Bonchev–Trinajstić information content (AvgIpc) is 2.15. The summed E-state index contributed by atoms with van der Waals surface area (Å²) in [6.45, 7) is 9.23. The zero-order valence-electron chi connectivity index (χ0n) is 8.28. The molecule has 0 amide bonds. The Morgan fingerprint density at radius 3 is 1.21 bits per heavy atom. The van der Waals surface area contributed by atoms with Crippen molar-refractivity contribution in [1.82, 2.24) is 0 Å². The van der Waals surface area contributed by atoms with Gasteiger partial charge in [-0.25, -0.2) is 9.59 Å². The summed E-state index contributed by atoms with van der Waals surface area (Å²) in [4.78, 5) is 20.2. The fraction of sp³-hybridized carbons (Fsp3) is 0.200. The maximum atomic E-state index is 10.1. The lowest BCUT2D eigenvalue weighted by Crippen LogP contribution is -2.06. The zero-order valence-corrected chi connectivity index (χ0v) is 8.28. The highest BCUT2D eigenvalue weighted by Crippen LogP contribution is 2.02. The molecule has 0 saturated heterocycles. The summed E-state index contributed by atoms with van der Waals surface area (Å²) >= 11 is 0. The number of rotatable bonds is 3. The van der Waals surface area contributed by atoms with E-state index in [1.807, 2.05) is 0 Å². The van der Waals surface area contributed by atoms with Crippen LogP contribution in [0.15, 0.2) is 36.5 Å². The zero-order chi connectivity index (χ0) is 11.7. The van der Waals surface area contributed by atoms with Crippen molar-refractivity contribution in [2.45, 2.75) is 13.8 Å². The molecule has 0 unspecified atom stereocenters. The maximum Gasteiger partial charge on any atom is 0.331 e. The van der Waals surface area contributed by atoms with Gasteiger partial charge in [0.25, 0.3) is 0 Å². The van der Waals surface area contributed by atoms with Gasteiger partial charge in [0.15, 0.2) is 0 Å². The molecule has 0 radical (unpaired) electrons. The van der Waals surface area contributed by atoms with E-state index in [1.54, 1.807) is 12.2 Å². The van der Waals surface area contributed by atoms with Crippen LogP contribution >= 0.6 is 0 Å². The second kappa shape index (κ2) is 7.79. The van der Waals surface area contributed by atoms with E-state index in [4.69, 9.17) is 10.2 Å². The van der Waals surface area contributed by atoms with Crippen molar-refractivity contribution in [3.63, 3.8) is 0 Å². The van der Waals surface area contributed by atoms with Gasteiger partial charge in [-0.2, -0.15) is 0 Å². The fourth-order valence-electron chi connectivity index (χ4n) is 0.321. The smallest absolute Gasteiger partial charge is 0.331 e. The number of hydrogen-bond acceptors (Lipinski definition) is 2. The van der Waals surface area contributed by atoms with E-state index in [9.17, 15) is 9.59 Å². The van der Waals surface area contributed by atoms with Crippen LogP contribution in [0, 0.1) is 0 Å². The van der Waals surface area contributed by atoms with E-state index < -0.39 is 11.9 Å². The molecule has 0 aromatic carbocycles. The molecule has 0 saturated carbocycles. The highest BCUT2D eigenvalue weighted by molar-refractivity contribution is 5.97. The van der Waals surface area contributed by atoms with Crippen LogP contribution in [0.2, 0.25) is 0 Å². The first kappa shape index (κ1) is 14.7. The van der Waals surface area contributed by atoms with E-state index in [2.05, 4.69) is 13.2 Å². The SMILES string of the molecule is C=CC=C.CC(C(=O)O)=C(C)C(=O)O. The minimum atomic E-state index is -1.19. The Kier molecular flexibility index (Phi) is 8.16. The molecule has 0 aliphatic carbocycles. The Hall–Kier alpha value is -1.84. The third kappa shape index (κ3) is 6.84. The van der Waals surface area contributed by atoms with Gasteiger partial charge in [0.2, 0.25) is 0 Å². The first-order valence-electron chi connectivity index (χ1n) is 3.76. The molecular formula is C10H14O4. The topological polar surface area (TPSA) is 74.6 Å². The third-order valence-corrected chi connectivity index (χ3v) is 1.37. The number of carboxylic acid groups (broad SMARTS) is 2. The van der Waals surface area contributed by atoms with Crippen molar-refractivity contribution in [2.75, 3.05) is 0 Å². The van der Waals surface area contributed by atoms with Gasteiger partial charge in [-0.15, -0.1) is 0 Å². The van der Waals surface area contributed by atoms with E-state index in [-0.39, 0.29) is 11.1 Å². The summed E-state index contributed by atoms with van der Waals surface area (Å²) in [7, 11) is 0. The van der Waals surface area contributed by atoms with Crippen LogP contribution in [-0.2, 0) is 9.59 Å².